The van der Waals surface area contributed by atoms with Crippen LogP contribution in [0.4, 0.5) is 11.5 Å². The second-order valence-corrected chi connectivity index (χ2v) is 9.16. The zero-order valence-electron chi connectivity index (χ0n) is 21.7. The maximum absolute atomic E-state index is 13.7. The molecule has 0 spiro atoms. The van der Waals surface area contributed by atoms with E-state index in [1.54, 1.807) is 6.20 Å². The molecule has 0 saturated heterocycles. The number of rotatable bonds is 10. The van der Waals surface area contributed by atoms with Crippen molar-refractivity contribution in [2.45, 2.75) is 45.9 Å². The predicted molar refractivity (Wildman–Crippen MR) is 149 cm³/mol. The fraction of sp³-hybridized carbons (Fsp3) is 0.267. The number of pyridine rings is 1. The third kappa shape index (κ3) is 6.30. The summed E-state index contributed by atoms with van der Waals surface area (Å²) in [7, 11) is 0. The monoisotopic (exact) mass is 498 g/mol. The Morgan fingerprint density at radius 3 is 2.46 bits per heavy atom. The molecule has 1 unspecified atom stereocenters. The molecule has 1 heterocycles. The standard InChI is InChI=1S/C30H34N4O3/c1-5-36-27-18-23(11-14-26(27)37-19(2)3)28(30(35)33-20(4)21-9-7-6-8-10-21)34-24-12-13-25-22(17-24)15-16-32-29(25)31/h6-20,28,34H,5H2,1-4H3,(H2,31,32)(H,33,35)/t20-,28?/m0/s1. The molecule has 0 aliphatic heterocycles. The Balaban J connectivity index is 1.69. The van der Waals surface area contributed by atoms with E-state index < -0.39 is 6.04 Å². The number of carbonyl (C=O) groups excluding carboxylic acids is 1. The van der Waals surface area contributed by atoms with Crippen LogP contribution in [0.1, 0.15) is 50.9 Å². The van der Waals surface area contributed by atoms with Gasteiger partial charge in [0, 0.05) is 17.3 Å². The van der Waals surface area contributed by atoms with Gasteiger partial charge in [-0.15, -0.1) is 0 Å². The minimum Gasteiger partial charge on any atom is -0.490 e. The third-order valence-corrected chi connectivity index (χ3v) is 5.99. The van der Waals surface area contributed by atoms with Gasteiger partial charge >= 0.3 is 0 Å². The van der Waals surface area contributed by atoms with E-state index >= 15 is 0 Å². The maximum Gasteiger partial charge on any atom is 0.247 e. The van der Waals surface area contributed by atoms with E-state index in [2.05, 4.69) is 15.6 Å². The van der Waals surface area contributed by atoms with Gasteiger partial charge in [0.25, 0.3) is 0 Å². The van der Waals surface area contributed by atoms with Crippen LogP contribution < -0.4 is 25.8 Å². The summed E-state index contributed by atoms with van der Waals surface area (Å²) in [5.74, 6) is 1.55. The SMILES string of the molecule is CCOc1cc(C(Nc2ccc3c(N)nccc3c2)C(=O)N[C@@H](C)c2ccccc2)ccc1OC(C)C. The number of benzene rings is 3. The number of amides is 1. The smallest absolute Gasteiger partial charge is 0.247 e. The second-order valence-electron chi connectivity index (χ2n) is 9.16. The van der Waals surface area contributed by atoms with E-state index in [9.17, 15) is 4.79 Å². The van der Waals surface area contributed by atoms with Crippen LogP contribution in [0.15, 0.2) is 79.0 Å². The van der Waals surface area contributed by atoms with Crippen molar-refractivity contribution in [1.82, 2.24) is 10.3 Å². The molecule has 7 heteroatoms. The summed E-state index contributed by atoms with van der Waals surface area (Å²) < 4.78 is 11.8. The molecular weight excluding hydrogens is 464 g/mol. The first kappa shape index (κ1) is 25.8. The molecule has 4 rings (SSSR count). The van der Waals surface area contributed by atoms with Crippen molar-refractivity contribution in [3.8, 4) is 11.5 Å². The lowest BCUT2D eigenvalue weighted by Gasteiger charge is -2.24. The summed E-state index contributed by atoms with van der Waals surface area (Å²) in [6, 6.07) is 22.3. The average Bonchev–Trinajstić information content (AvgIpc) is 2.89. The second kappa shape index (κ2) is 11.6. The number of nitrogens with two attached hydrogens (primary N) is 1. The van der Waals surface area contributed by atoms with Crippen LogP contribution in [-0.2, 0) is 4.79 Å². The molecular formula is C30H34N4O3. The van der Waals surface area contributed by atoms with Gasteiger partial charge in [-0.05, 0) is 80.6 Å². The van der Waals surface area contributed by atoms with Crippen molar-refractivity contribution >= 4 is 28.2 Å². The molecule has 0 aliphatic carbocycles. The van der Waals surface area contributed by atoms with Crippen LogP contribution in [0, 0.1) is 0 Å². The molecule has 37 heavy (non-hydrogen) atoms. The van der Waals surface area contributed by atoms with Crippen LogP contribution in [0.25, 0.3) is 10.8 Å². The van der Waals surface area contributed by atoms with Crippen LogP contribution in [0.3, 0.4) is 0 Å². The van der Waals surface area contributed by atoms with Crippen molar-refractivity contribution in [2.24, 2.45) is 0 Å². The lowest BCUT2D eigenvalue weighted by Crippen LogP contribution is -2.35. The summed E-state index contributed by atoms with van der Waals surface area (Å²) in [6.45, 7) is 8.31. The number of aromatic nitrogens is 1. The molecule has 4 aromatic rings. The Labute approximate surface area is 218 Å². The first-order valence-corrected chi connectivity index (χ1v) is 12.5. The zero-order valence-corrected chi connectivity index (χ0v) is 21.7. The topological polar surface area (TPSA) is 98.5 Å². The normalized spacial score (nSPS) is 12.7. The molecule has 7 nitrogen and oxygen atoms in total. The number of nitrogens with zero attached hydrogens (tertiary/aromatic N) is 1. The summed E-state index contributed by atoms with van der Waals surface area (Å²) in [6.07, 6.45) is 1.67. The van der Waals surface area contributed by atoms with Crippen molar-refractivity contribution in [2.75, 3.05) is 17.7 Å². The van der Waals surface area contributed by atoms with Crippen LogP contribution in [0.2, 0.25) is 0 Å². The number of fused-ring (bicyclic) bond motifs is 1. The van der Waals surface area contributed by atoms with E-state index in [-0.39, 0.29) is 18.1 Å². The van der Waals surface area contributed by atoms with Gasteiger partial charge < -0.3 is 25.8 Å². The molecule has 0 saturated carbocycles. The van der Waals surface area contributed by atoms with Gasteiger partial charge in [0.05, 0.1) is 18.8 Å². The molecule has 0 fully saturated rings. The quantitative estimate of drug-likeness (QED) is 0.247. The van der Waals surface area contributed by atoms with Crippen molar-refractivity contribution < 1.29 is 14.3 Å². The summed E-state index contributed by atoms with van der Waals surface area (Å²) in [5.41, 5.74) is 8.60. The van der Waals surface area contributed by atoms with E-state index in [0.29, 0.717) is 23.9 Å². The number of ether oxygens (including phenoxy) is 2. The van der Waals surface area contributed by atoms with Gasteiger partial charge in [0.15, 0.2) is 11.5 Å². The van der Waals surface area contributed by atoms with Crippen molar-refractivity contribution in [3.63, 3.8) is 0 Å². The lowest BCUT2D eigenvalue weighted by molar-refractivity contribution is -0.122. The van der Waals surface area contributed by atoms with Crippen molar-refractivity contribution in [3.05, 3.63) is 90.1 Å². The summed E-state index contributed by atoms with van der Waals surface area (Å²) >= 11 is 0. The van der Waals surface area contributed by atoms with Crippen molar-refractivity contribution in [1.29, 1.82) is 0 Å². The maximum atomic E-state index is 13.7. The first-order chi connectivity index (χ1) is 17.9. The summed E-state index contributed by atoms with van der Waals surface area (Å²) in [4.78, 5) is 17.9. The van der Waals surface area contributed by atoms with Crippen LogP contribution >= 0.6 is 0 Å². The minimum absolute atomic E-state index is 0.00600. The van der Waals surface area contributed by atoms with Crippen LogP contribution in [-0.4, -0.2) is 23.6 Å². The molecule has 0 radical (unpaired) electrons. The van der Waals surface area contributed by atoms with Crippen LogP contribution in [0.5, 0.6) is 11.5 Å². The van der Waals surface area contributed by atoms with Gasteiger partial charge in [-0.2, -0.15) is 0 Å². The highest BCUT2D eigenvalue weighted by Gasteiger charge is 2.24. The largest absolute Gasteiger partial charge is 0.490 e. The number of hydrogen-bond donors (Lipinski definition) is 3. The zero-order chi connectivity index (χ0) is 26.4. The average molecular weight is 499 g/mol. The molecule has 3 aromatic carbocycles. The van der Waals surface area contributed by atoms with E-state index in [1.807, 2.05) is 100 Å². The molecule has 2 atom stereocenters. The number of hydrogen-bond acceptors (Lipinski definition) is 6. The Morgan fingerprint density at radius 2 is 1.73 bits per heavy atom. The Morgan fingerprint density at radius 1 is 0.946 bits per heavy atom. The van der Waals surface area contributed by atoms with Gasteiger partial charge in [0.2, 0.25) is 5.91 Å². The third-order valence-electron chi connectivity index (χ3n) is 5.99. The highest BCUT2D eigenvalue weighted by molar-refractivity contribution is 5.94. The van der Waals surface area contributed by atoms with E-state index in [4.69, 9.17) is 15.2 Å². The molecule has 1 amide bonds. The van der Waals surface area contributed by atoms with E-state index in [1.165, 1.54) is 0 Å². The highest BCUT2D eigenvalue weighted by atomic mass is 16.5. The van der Waals surface area contributed by atoms with E-state index in [0.717, 1.165) is 27.6 Å². The molecule has 192 valence electrons. The van der Waals surface area contributed by atoms with Gasteiger partial charge in [-0.3, -0.25) is 4.79 Å². The van der Waals surface area contributed by atoms with Gasteiger partial charge in [-0.1, -0.05) is 36.4 Å². The Hall–Kier alpha value is -4.26. The molecule has 1 aromatic heterocycles. The minimum atomic E-state index is -0.685. The summed E-state index contributed by atoms with van der Waals surface area (Å²) in [5, 5.41) is 8.38. The molecule has 0 bridgehead atoms. The molecule has 4 N–H and O–H groups in total. The molecule has 0 aliphatic rings. The predicted octanol–water partition coefficient (Wildman–Crippen LogP) is 6.03. The number of nitrogen functional groups attached to an aromatic ring is 1. The number of carbonyl (C=O) groups is 1. The number of anilines is 2. The fourth-order valence-electron chi connectivity index (χ4n) is 4.20. The fourth-order valence-corrected chi connectivity index (χ4v) is 4.20. The van der Waals surface area contributed by atoms with Gasteiger partial charge in [-0.25, -0.2) is 4.98 Å². The number of nitrogens with one attached hydrogen (secondary N) is 2. The van der Waals surface area contributed by atoms with Gasteiger partial charge in [0.1, 0.15) is 11.9 Å². The Kier molecular flexibility index (Phi) is 8.13. The Bertz CT molecular complexity index is 1360. The first-order valence-electron chi connectivity index (χ1n) is 12.5. The highest BCUT2D eigenvalue weighted by Crippen LogP contribution is 2.34. The lowest BCUT2D eigenvalue weighted by atomic mass is 10.0.